The summed E-state index contributed by atoms with van der Waals surface area (Å²) in [6, 6.07) is 8.80. The van der Waals surface area contributed by atoms with E-state index in [2.05, 4.69) is 37.3 Å². The Bertz CT molecular complexity index is 1090. The van der Waals surface area contributed by atoms with Crippen molar-refractivity contribution in [3.8, 4) is 5.75 Å². The Morgan fingerprint density at radius 3 is 2.87 bits per heavy atom. The summed E-state index contributed by atoms with van der Waals surface area (Å²) in [5.74, 6) is 0.947. The lowest BCUT2D eigenvalue weighted by Crippen LogP contribution is -2.28. The standard InChI is InChI=1S/C23H24BrFN4O2/c1-30-22-14-18-21(12-16(22)6-2-3-9-29-10-4-5-11-31-29)26-15-27-23(18)28-20-8-7-17(24)13-19(20)25/h4-5,7-8,12-15H,2-3,6,9-11H2,1H3,(H,26,27,28). The van der Waals surface area contributed by atoms with Gasteiger partial charge in [-0.2, -0.15) is 5.06 Å². The number of anilines is 2. The van der Waals surface area contributed by atoms with E-state index in [-0.39, 0.29) is 5.82 Å². The highest BCUT2D eigenvalue weighted by Gasteiger charge is 2.13. The Hall–Kier alpha value is -2.55. The van der Waals surface area contributed by atoms with Gasteiger partial charge in [-0.15, -0.1) is 0 Å². The number of ether oxygens (including phenoxy) is 1. The first-order valence-corrected chi connectivity index (χ1v) is 11.0. The van der Waals surface area contributed by atoms with Crippen molar-refractivity contribution in [3.05, 3.63) is 64.7 Å². The molecular formula is C23H24BrFN4O2. The highest BCUT2D eigenvalue weighted by atomic mass is 79.9. The number of hydrogen-bond donors (Lipinski definition) is 1. The molecule has 8 heteroatoms. The Labute approximate surface area is 189 Å². The average molecular weight is 487 g/mol. The molecule has 4 rings (SSSR count). The molecule has 3 aromatic rings. The number of nitrogens with zero attached hydrogens (tertiary/aromatic N) is 3. The molecule has 2 heterocycles. The molecule has 1 aromatic heterocycles. The molecule has 162 valence electrons. The van der Waals surface area contributed by atoms with Crippen LogP contribution in [0.25, 0.3) is 10.9 Å². The van der Waals surface area contributed by atoms with Crippen LogP contribution in [0.15, 0.2) is 53.3 Å². The number of fused-ring (bicyclic) bond motifs is 1. The minimum absolute atomic E-state index is 0.348. The summed E-state index contributed by atoms with van der Waals surface area (Å²) < 4.78 is 20.6. The SMILES string of the molecule is COc1cc2c(Nc3ccc(Br)cc3F)ncnc2cc1CCCCN1CC=CCO1. The molecule has 0 fully saturated rings. The predicted octanol–water partition coefficient (Wildman–Crippen LogP) is 5.41. The minimum Gasteiger partial charge on any atom is -0.496 e. The lowest BCUT2D eigenvalue weighted by atomic mass is 10.0. The number of rotatable bonds is 8. The fourth-order valence-corrected chi connectivity index (χ4v) is 3.88. The number of nitrogens with one attached hydrogen (secondary N) is 1. The number of aryl methyl sites for hydroxylation is 1. The maximum Gasteiger partial charge on any atom is 0.147 e. The maximum absolute atomic E-state index is 14.3. The average Bonchev–Trinajstić information content (AvgIpc) is 2.79. The van der Waals surface area contributed by atoms with E-state index < -0.39 is 0 Å². The smallest absolute Gasteiger partial charge is 0.147 e. The summed E-state index contributed by atoms with van der Waals surface area (Å²) in [5.41, 5.74) is 2.23. The third kappa shape index (κ3) is 5.39. The van der Waals surface area contributed by atoms with Crippen LogP contribution in [0.5, 0.6) is 5.75 Å². The number of hydrogen-bond acceptors (Lipinski definition) is 6. The van der Waals surface area contributed by atoms with Gasteiger partial charge in [-0.1, -0.05) is 28.1 Å². The van der Waals surface area contributed by atoms with Gasteiger partial charge in [0, 0.05) is 22.9 Å². The van der Waals surface area contributed by atoms with Crippen molar-refractivity contribution in [1.29, 1.82) is 0 Å². The molecule has 6 nitrogen and oxygen atoms in total. The zero-order chi connectivity index (χ0) is 21.6. The van der Waals surface area contributed by atoms with Gasteiger partial charge in [0.1, 0.15) is 23.7 Å². The van der Waals surface area contributed by atoms with Gasteiger partial charge in [0.25, 0.3) is 0 Å². The Balaban J connectivity index is 1.50. The maximum atomic E-state index is 14.3. The number of aromatic nitrogens is 2. The Kier molecular flexibility index (Phi) is 7.11. The van der Waals surface area contributed by atoms with Gasteiger partial charge in [0.15, 0.2) is 0 Å². The summed E-state index contributed by atoms with van der Waals surface area (Å²) in [6.45, 7) is 2.39. The molecule has 0 unspecified atom stereocenters. The zero-order valence-electron chi connectivity index (χ0n) is 17.3. The summed E-state index contributed by atoms with van der Waals surface area (Å²) in [5, 5.41) is 5.84. The van der Waals surface area contributed by atoms with Gasteiger partial charge in [-0.3, -0.25) is 4.84 Å². The second-order valence-corrected chi connectivity index (χ2v) is 8.18. The van der Waals surface area contributed by atoms with E-state index in [1.807, 2.05) is 23.3 Å². The molecule has 0 saturated carbocycles. The van der Waals surface area contributed by atoms with Crippen LogP contribution in [0.1, 0.15) is 18.4 Å². The van der Waals surface area contributed by atoms with Gasteiger partial charge < -0.3 is 10.1 Å². The molecule has 0 radical (unpaired) electrons. The predicted molar refractivity (Wildman–Crippen MR) is 123 cm³/mol. The van der Waals surface area contributed by atoms with E-state index in [4.69, 9.17) is 9.57 Å². The van der Waals surface area contributed by atoms with Crippen LogP contribution >= 0.6 is 15.9 Å². The van der Waals surface area contributed by atoms with Gasteiger partial charge in [0.05, 0.1) is 24.9 Å². The van der Waals surface area contributed by atoms with Crippen LogP contribution in [-0.2, 0) is 11.3 Å². The number of benzene rings is 2. The molecule has 31 heavy (non-hydrogen) atoms. The third-order valence-electron chi connectivity index (χ3n) is 5.15. The Morgan fingerprint density at radius 1 is 1.19 bits per heavy atom. The summed E-state index contributed by atoms with van der Waals surface area (Å²) in [6.07, 6.45) is 8.55. The first kappa shape index (κ1) is 21.7. The quantitative estimate of drug-likeness (QED) is 0.339. The fraction of sp³-hybridized carbons (Fsp3) is 0.304. The lowest BCUT2D eigenvalue weighted by Gasteiger charge is -2.22. The van der Waals surface area contributed by atoms with Crippen LogP contribution in [-0.4, -0.2) is 41.8 Å². The van der Waals surface area contributed by atoms with E-state index >= 15 is 0 Å². The number of halogens is 2. The molecule has 0 amide bonds. The number of hydroxylamine groups is 2. The molecule has 0 atom stereocenters. The molecule has 0 spiro atoms. The van der Waals surface area contributed by atoms with Crippen LogP contribution < -0.4 is 10.1 Å². The number of unbranched alkanes of at least 4 members (excludes halogenated alkanes) is 1. The topological polar surface area (TPSA) is 59.5 Å². The summed E-state index contributed by atoms with van der Waals surface area (Å²) in [4.78, 5) is 14.3. The normalized spacial score (nSPS) is 14.2. The summed E-state index contributed by atoms with van der Waals surface area (Å²) in [7, 11) is 1.66. The molecule has 1 aliphatic rings. The first-order chi connectivity index (χ1) is 15.1. The van der Waals surface area contributed by atoms with Crippen LogP contribution in [0.3, 0.4) is 0 Å². The van der Waals surface area contributed by atoms with Gasteiger partial charge in [-0.25, -0.2) is 14.4 Å². The molecule has 0 bridgehead atoms. The second kappa shape index (κ2) is 10.2. The van der Waals surface area contributed by atoms with Crippen molar-refractivity contribution in [1.82, 2.24) is 15.0 Å². The van der Waals surface area contributed by atoms with Crippen molar-refractivity contribution in [2.75, 3.05) is 32.1 Å². The van der Waals surface area contributed by atoms with E-state index in [9.17, 15) is 4.39 Å². The highest BCUT2D eigenvalue weighted by molar-refractivity contribution is 9.10. The zero-order valence-corrected chi connectivity index (χ0v) is 18.9. The molecule has 1 aliphatic heterocycles. The van der Waals surface area contributed by atoms with Crippen LogP contribution in [0, 0.1) is 5.82 Å². The van der Waals surface area contributed by atoms with Crippen LogP contribution in [0.4, 0.5) is 15.9 Å². The monoisotopic (exact) mass is 486 g/mol. The summed E-state index contributed by atoms with van der Waals surface area (Å²) >= 11 is 3.27. The van der Waals surface area contributed by atoms with Gasteiger partial charge >= 0.3 is 0 Å². The molecule has 2 aromatic carbocycles. The van der Waals surface area contributed by atoms with Crippen molar-refractivity contribution >= 4 is 38.3 Å². The fourth-order valence-electron chi connectivity index (χ4n) is 3.55. The van der Waals surface area contributed by atoms with E-state index in [0.29, 0.717) is 22.6 Å². The first-order valence-electron chi connectivity index (χ1n) is 10.2. The second-order valence-electron chi connectivity index (χ2n) is 7.26. The van der Waals surface area contributed by atoms with E-state index in [1.165, 1.54) is 12.4 Å². The number of methoxy groups -OCH3 is 1. The lowest BCUT2D eigenvalue weighted by molar-refractivity contribution is -0.147. The molecule has 0 saturated heterocycles. The van der Waals surface area contributed by atoms with E-state index in [0.717, 1.165) is 54.6 Å². The minimum atomic E-state index is -0.363. The molecular weight excluding hydrogens is 463 g/mol. The van der Waals surface area contributed by atoms with Gasteiger partial charge in [0.2, 0.25) is 0 Å². The van der Waals surface area contributed by atoms with Gasteiger partial charge in [-0.05, 0) is 55.2 Å². The van der Waals surface area contributed by atoms with Crippen LogP contribution in [0.2, 0.25) is 0 Å². The van der Waals surface area contributed by atoms with Crippen molar-refractivity contribution < 1.29 is 14.0 Å². The van der Waals surface area contributed by atoms with Crippen molar-refractivity contribution in [3.63, 3.8) is 0 Å². The molecule has 1 N–H and O–H groups in total. The Morgan fingerprint density at radius 2 is 2.10 bits per heavy atom. The molecule has 0 aliphatic carbocycles. The highest BCUT2D eigenvalue weighted by Crippen LogP contribution is 2.31. The largest absolute Gasteiger partial charge is 0.496 e. The van der Waals surface area contributed by atoms with E-state index in [1.54, 1.807) is 19.2 Å². The van der Waals surface area contributed by atoms with Crippen molar-refractivity contribution in [2.24, 2.45) is 0 Å². The third-order valence-corrected chi connectivity index (χ3v) is 5.65. The van der Waals surface area contributed by atoms with Crippen molar-refractivity contribution in [2.45, 2.75) is 19.3 Å².